The highest BCUT2D eigenvalue weighted by molar-refractivity contribution is 9.10. The van der Waals surface area contributed by atoms with Crippen LogP contribution < -0.4 is 11.3 Å². The van der Waals surface area contributed by atoms with E-state index in [2.05, 4.69) is 33.4 Å². The number of methoxy groups -OCH3 is 1. The molecule has 5 nitrogen and oxygen atoms in total. The van der Waals surface area contributed by atoms with Gasteiger partial charge in [0.2, 0.25) is 0 Å². The first-order valence-electron chi connectivity index (χ1n) is 5.34. The summed E-state index contributed by atoms with van der Waals surface area (Å²) in [5.74, 6) is 5.59. The molecule has 0 aliphatic carbocycles. The van der Waals surface area contributed by atoms with Crippen molar-refractivity contribution >= 4 is 15.9 Å². The summed E-state index contributed by atoms with van der Waals surface area (Å²) in [5.41, 5.74) is 3.88. The molecule has 1 aromatic rings. The predicted octanol–water partition coefficient (Wildman–Crippen LogP) is 1.59. The van der Waals surface area contributed by atoms with Crippen molar-refractivity contribution in [1.29, 1.82) is 0 Å². The lowest BCUT2D eigenvalue weighted by molar-refractivity contribution is 0.0992. The maximum atomic E-state index is 5.59. The Morgan fingerprint density at radius 3 is 2.88 bits per heavy atom. The van der Waals surface area contributed by atoms with Crippen molar-refractivity contribution < 1.29 is 4.74 Å². The number of hydrogen-bond donors (Lipinski definition) is 2. The third kappa shape index (κ3) is 3.04. The second-order valence-electron chi connectivity index (χ2n) is 3.69. The van der Waals surface area contributed by atoms with Crippen molar-refractivity contribution in [2.24, 2.45) is 5.84 Å². The van der Waals surface area contributed by atoms with Crippen LogP contribution >= 0.6 is 15.9 Å². The Kier molecular flexibility index (Phi) is 5.40. The Morgan fingerprint density at radius 2 is 2.38 bits per heavy atom. The first-order chi connectivity index (χ1) is 7.63. The Hall–Kier alpha value is -0.430. The summed E-state index contributed by atoms with van der Waals surface area (Å²) < 4.78 is 8.15. The highest BCUT2D eigenvalue weighted by atomic mass is 79.9. The van der Waals surface area contributed by atoms with Crippen molar-refractivity contribution in [3.8, 4) is 0 Å². The van der Waals surface area contributed by atoms with Crippen molar-refractivity contribution in [1.82, 2.24) is 15.2 Å². The number of halogens is 1. The maximum absolute atomic E-state index is 5.59. The Balaban J connectivity index is 2.89. The second kappa shape index (κ2) is 6.34. The average Bonchev–Trinajstić information content (AvgIpc) is 2.67. The van der Waals surface area contributed by atoms with E-state index in [1.807, 2.05) is 11.6 Å². The number of ether oxygens (including phenoxy) is 1. The smallest absolute Gasteiger partial charge is 0.0710 e. The van der Waals surface area contributed by atoms with E-state index >= 15 is 0 Å². The van der Waals surface area contributed by atoms with Crippen LogP contribution in [0.2, 0.25) is 0 Å². The Bertz CT molecular complexity index is 329. The molecule has 0 saturated carbocycles. The van der Waals surface area contributed by atoms with Gasteiger partial charge in [-0.05, 0) is 36.2 Å². The van der Waals surface area contributed by atoms with Crippen molar-refractivity contribution in [3.63, 3.8) is 0 Å². The number of aryl methyl sites for hydroxylation is 1. The number of nitrogens with one attached hydrogen (secondary N) is 1. The van der Waals surface area contributed by atoms with Crippen LogP contribution in [0.3, 0.4) is 0 Å². The summed E-state index contributed by atoms with van der Waals surface area (Å²) in [4.78, 5) is 0. The maximum Gasteiger partial charge on any atom is 0.0710 e. The van der Waals surface area contributed by atoms with Crippen molar-refractivity contribution in [3.05, 3.63) is 16.4 Å². The van der Waals surface area contributed by atoms with E-state index < -0.39 is 0 Å². The Labute approximate surface area is 104 Å². The number of hydrazine groups is 1. The van der Waals surface area contributed by atoms with Crippen LogP contribution in [0.5, 0.6) is 0 Å². The van der Waals surface area contributed by atoms with Crippen molar-refractivity contribution in [2.75, 3.05) is 7.11 Å². The van der Waals surface area contributed by atoms with Gasteiger partial charge in [0.25, 0.3) is 0 Å². The molecule has 16 heavy (non-hydrogen) atoms. The molecule has 0 aromatic carbocycles. The van der Waals surface area contributed by atoms with Crippen LogP contribution in [0.1, 0.15) is 32.0 Å². The monoisotopic (exact) mass is 290 g/mol. The zero-order valence-electron chi connectivity index (χ0n) is 9.90. The molecule has 1 rings (SSSR count). The van der Waals surface area contributed by atoms with Gasteiger partial charge < -0.3 is 4.74 Å². The van der Waals surface area contributed by atoms with Crippen molar-refractivity contribution in [2.45, 2.75) is 39.0 Å². The van der Waals surface area contributed by atoms with E-state index in [0.29, 0.717) is 0 Å². The van der Waals surface area contributed by atoms with E-state index in [4.69, 9.17) is 10.6 Å². The van der Waals surface area contributed by atoms with Crippen LogP contribution in [0.15, 0.2) is 10.7 Å². The van der Waals surface area contributed by atoms with Gasteiger partial charge in [0.05, 0.1) is 28.5 Å². The van der Waals surface area contributed by atoms with Crippen LogP contribution in [0.25, 0.3) is 0 Å². The lowest BCUT2D eigenvalue weighted by Crippen LogP contribution is -2.32. The molecular weight excluding hydrogens is 272 g/mol. The van der Waals surface area contributed by atoms with Gasteiger partial charge in [-0.2, -0.15) is 5.10 Å². The van der Waals surface area contributed by atoms with E-state index in [0.717, 1.165) is 23.1 Å². The largest absolute Gasteiger partial charge is 0.382 e. The molecular formula is C10H19BrN4O. The fraction of sp³-hybridized carbons (Fsp3) is 0.700. The van der Waals surface area contributed by atoms with Crippen LogP contribution in [-0.2, 0) is 11.3 Å². The lowest BCUT2D eigenvalue weighted by atomic mass is 10.1. The van der Waals surface area contributed by atoms with Gasteiger partial charge in [-0.15, -0.1) is 0 Å². The molecule has 1 aromatic heterocycles. The molecule has 6 heteroatoms. The summed E-state index contributed by atoms with van der Waals surface area (Å²) in [5, 5.41) is 4.27. The van der Waals surface area contributed by atoms with Gasteiger partial charge >= 0.3 is 0 Å². The average molecular weight is 291 g/mol. The third-order valence-corrected chi connectivity index (χ3v) is 3.25. The fourth-order valence-electron chi connectivity index (χ4n) is 1.66. The number of nitrogens with zero attached hydrogens (tertiary/aromatic N) is 2. The lowest BCUT2D eigenvalue weighted by Gasteiger charge is -2.21. The zero-order chi connectivity index (χ0) is 12.1. The molecule has 0 spiro atoms. The number of aromatic nitrogens is 2. The highest BCUT2D eigenvalue weighted by Crippen LogP contribution is 2.26. The van der Waals surface area contributed by atoms with Gasteiger partial charge in [0.1, 0.15) is 0 Å². The minimum atomic E-state index is 0.0341. The summed E-state index contributed by atoms with van der Waals surface area (Å²) >= 11 is 3.49. The summed E-state index contributed by atoms with van der Waals surface area (Å²) in [6.07, 6.45) is 2.74. The zero-order valence-corrected chi connectivity index (χ0v) is 11.5. The highest BCUT2D eigenvalue weighted by Gasteiger charge is 2.20. The number of rotatable bonds is 6. The molecule has 2 atom stereocenters. The summed E-state index contributed by atoms with van der Waals surface area (Å²) in [6, 6.07) is 0.0341. The third-order valence-electron chi connectivity index (χ3n) is 2.63. The first-order valence-corrected chi connectivity index (χ1v) is 6.13. The van der Waals surface area contributed by atoms with Gasteiger partial charge in [-0.1, -0.05) is 0 Å². The second-order valence-corrected chi connectivity index (χ2v) is 4.55. The predicted molar refractivity (Wildman–Crippen MR) is 66.8 cm³/mol. The molecule has 0 saturated heterocycles. The fourth-order valence-corrected chi connectivity index (χ4v) is 2.23. The molecule has 0 aliphatic heterocycles. The minimum Gasteiger partial charge on any atom is -0.382 e. The van der Waals surface area contributed by atoms with Gasteiger partial charge in [-0.25, -0.2) is 0 Å². The summed E-state index contributed by atoms with van der Waals surface area (Å²) in [6.45, 7) is 4.89. The number of hydrogen-bond acceptors (Lipinski definition) is 4. The first kappa shape index (κ1) is 13.6. The topological polar surface area (TPSA) is 65.1 Å². The molecule has 0 radical (unpaired) electrons. The molecule has 0 fully saturated rings. The van der Waals surface area contributed by atoms with Gasteiger partial charge in [0.15, 0.2) is 0 Å². The van der Waals surface area contributed by atoms with Crippen LogP contribution in [0.4, 0.5) is 0 Å². The molecule has 0 aliphatic rings. The molecule has 0 amide bonds. The van der Waals surface area contributed by atoms with Gasteiger partial charge in [-0.3, -0.25) is 16.0 Å². The van der Waals surface area contributed by atoms with Crippen LogP contribution in [-0.4, -0.2) is 23.0 Å². The molecule has 92 valence electrons. The minimum absolute atomic E-state index is 0.0341. The molecule has 1 heterocycles. The molecule has 0 bridgehead atoms. The standard InChI is InChI=1S/C10H19BrN4O/c1-4-15-10(8(11)6-13-15)9(14-12)5-7(2)16-3/h6-7,9,14H,4-5,12H2,1-3H3. The van der Waals surface area contributed by atoms with E-state index in [-0.39, 0.29) is 12.1 Å². The molecule has 2 unspecified atom stereocenters. The Morgan fingerprint density at radius 1 is 1.69 bits per heavy atom. The quantitative estimate of drug-likeness (QED) is 0.617. The molecule has 3 N–H and O–H groups in total. The SMILES string of the molecule is CCn1ncc(Br)c1C(CC(C)OC)NN. The van der Waals surface area contributed by atoms with Crippen LogP contribution in [0, 0.1) is 0 Å². The van der Waals surface area contributed by atoms with E-state index in [1.54, 1.807) is 13.3 Å². The van der Waals surface area contributed by atoms with Gasteiger partial charge in [0, 0.05) is 13.7 Å². The summed E-state index contributed by atoms with van der Waals surface area (Å²) in [7, 11) is 1.70. The number of nitrogens with two attached hydrogens (primary N) is 1. The van der Waals surface area contributed by atoms with E-state index in [1.165, 1.54) is 0 Å². The van der Waals surface area contributed by atoms with E-state index in [9.17, 15) is 0 Å². The normalized spacial score (nSPS) is 15.1.